The van der Waals surface area contributed by atoms with Crippen LogP contribution in [-0.2, 0) is 16.0 Å². The molecule has 21 heavy (non-hydrogen) atoms. The summed E-state index contributed by atoms with van der Waals surface area (Å²) in [5.74, 6) is -4.51. The van der Waals surface area contributed by atoms with E-state index in [9.17, 15) is 22.8 Å². The Labute approximate surface area is 130 Å². The van der Waals surface area contributed by atoms with E-state index in [4.69, 9.17) is 23.2 Å². The Bertz CT molecular complexity index is 521. The summed E-state index contributed by atoms with van der Waals surface area (Å²) in [7, 11) is 0. The minimum atomic E-state index is -5.05. The second-order valence-electron chi connectivity index (χ2n) is 4.61. The van der Waals surface area contributed by atoms with Gasteiger partial charge in [-0.15, -0.1) is 0 Å². The van der Waals surface area contributed by atoms with E-state index >= 15 is 0 Å². The number of benzene rings is 1. The fourth-order valence-corrected chi connectivity index (χ4v) is 2.51. The summed E-state index contributed by atoms with van der Waals surface area (Å²) in [6, 6.07) is 4.20. The zero-order valence-corrected chi connectivity index (χ0v) is 12.6. The van der Waals surface area contributed by atoms with E-state index < -0.39 is 23.7 Å². The Morgan fingerprint density at radius 2 is 1.67 bits per heavy atom. The summed E-state index contributed by atoms with van der Waals surface area (Å²) in [5, 5.41) is 0.470. The molecule has 0 aliphatic heterocycles. The van der Waals surface area contributed by atoms with Crippen molar-refractivity contribution >= 4 is 34.8 Å². The van der Waals surface area contributed by atoms with Gasteiger partial charge in [-0.3, -0.25) is 9.59 Å². The van der Waals surface area contributed by atoms with E-state index in [-0.39, 0.29) is 22.9 Å². The van der Waals surface area contributed by atoms with Crippen molar-refractivity contribution in [1.29, 1.82) is 0 Å². The standard InChI is InChI=1S/C14H13Cl2F3O2/c1-2-3-12(20)11(13(21)14(17,18)19)6-8-4-9(15)7-10(16)5-8/h4-5,7,11H,2-3,6H2,1H3. The first-order valence-electron chi connectivity index (χ1n) is 6.24. The molecule has 0 saturated carbocycles. The van der Waals surface area contributed by atoms with Crippen LogP contribution in [0.4, 0.5) is 13.2 Å². The molecular formula is C14H13Cl2F3O2. The third-order valence-electron chi connectivity index (χ3n) is 2.84. The molecule has 0 spiro atoms. The Morgan fingerprint density at radius 1 is 1.14 bits per heavy atom. The number of alkyl halides is 3. The molecule has 116 valence electrons. The molecule has 1 unspecified atom stereocenters. The van der Waals surface area contributed by atoms with Gasteiger partial charge in [0.15, 0.2) is 0 Å². The molecule has 0 fully saturated rings. The first-order valence-corrected chi connectivity index (χ1v) is 6.99. The molecule has 0 amide bonds. The van der Waals surface area contributed by atoms with Crippen LogP contribution in [0.2, 0.25) is 10.0 Å². The molecule has 0 aromatic heterocycles. The van der Waals surface area contributed by atoms with E-state index in [1.807, 2.05) is 0 Å². The Kier molecular flexibility index (Phi) is 6.23. The second kappa shape index (κ2) is 7.27. The van der Waals surface area contributed by atoms with Gasteiger partial charge in [-0.1, -0.05) is 30.1 Å². The maximum absolute atomic E-state index is 12.6. The predicted molar refractivity (Wildman–Crippen MR) is 74.6 cm³/mol. The van der Waals surface area contributed by atoms with Crippen molar-refractivity contribution in [3.63, 3.8) is 0 Å². The van der Waals surface area contributed by atoms with Crippen molar-refractivity contribution in [3.05, 3.63) is 33.8 Å². The third kappa shape index (κ3) is 5.32. The van der Waals surface area contributed by atoms with Crippen LogP contribution in [0.5, 0.6) is 0 Å². The minimum absolute atomic E-state index is 0.0826. The Balaban J connectivity index is 3.07. The molecule has 0 heterocycles. The second-order valence-corrected chi connectivity index (χ2v) is 5.49. The topological polar surface area (TPSA) is 34.1 Å². The molecule has 7 heteroatoms. The average molecular weight is 341 g/mol. The largest absolute Gasteiger partial charge is 0.450 e. The van der Waals surface area contributed by atoms with Gasteiger partial charge in [0.05, 0.1) is 5.92 Å². The first-order chi connectivity index (χ1) is 9.65. The van der Waals surface area contributed by atoms with E-state index in [1.165, 1.54) is 18.2 Å². The fraction of sp³-hybridized carbons (Fsp3) is 0.429. The highest BCUT2D eigenvalue weighted by atomic mass is 35.5. The van der Waals surface area contributed by atoms with E-state index in [1.54, 1.807) is 6.92 Å². The normalized spacial score (nSPS) is 13.0. The first kappa shape index (κ1) is 18.0. The van der Waals surface area contributed by atoms with Crippen LogP contribution in [0.15, 0.2) is 18.2 Å². The average Bonchev–Trinajstić information content (AvgIpc) is 2.33. The molecule has 1 aromatic carbocycles. The van der Waals surface area contributed by atoms with Gasteiger partial charge in [0, 0.05) is 16.5 Å². The lowest BCUT2D eigenvalue weighted by molar-refractivity contribution is -0.176. The predicted octanol–water partition coefficient (Wildman–Crippen LogP) is 4.65. The molecule has 0 saturated heterocycles. The van der Waals surface area contributed by atoms with Crippen LogP contribution < -0.4 is 0 Å². The molecule has 0 radical (unpaired) electrons. The van der Waals surface area contributed by atoms with Crippen molar-refractivity contribution in [2.75, 3.05) is 0 Å². The molecule has 0 bridgehead atoms. The lowest BCUT2D eigenvalue weighted by Crippen LogP contribution is -2.36. The number of hydrogen-bond donors (Lipinski definition) is 0. The third-order valence-corrected chi connectivity index (χ3v) is 3.28. The van der Waals surface area contributed by atoms with Crippen LogP contribution in [0, 0.1) is 5.92 Å². The van der Waals surface area contributed by atoms with Crippen molar-refractivity contribution in [2.45, 2.75) is 32.4 Å². The maximum atomic E-state index is 12.6. The highest BCUT2D eigenvalue weighted by Crippen LogP contribution is 2.27. The molecule has 1 aromatic rings. The summed E-state index contributed by atoms with van der Waals surface area (Å²) in [6.07, 6.45) is -5.12. The van der Waals surface area contributed by atoms with E-state index in [2.05, 4.69) is 0 Å². The van der Waals surface area contributed by atoms with Crippen molar-refractivity contribution in [1.82, 2.24) is 0 Å². The zero-order valence-electron chi connectivity index (χ0n) is 11.1. The van der Waals surface area contributed by atoms with Gasteiger partial charge in [0.1, 0.15) is 5.78 Å². The smallest absolute Gasteiger partial charge is 0.299 e. The van der Waals surface area contributed by atoms with Crippen LogP contribution in [0.3, 0.4) is 0 Å². The number of Topliss-reactive ketones (excluding diaryl/α,β-unsaturated/α-hetero) is 2. The molecule has 2 nitrogen and oxygen atoms in total. The lowest BCUT2D eigenvalue weighted by atomic mass is 9.89. The number of carbonyl (C=O) groups excluding carboxylic acids is 2. The number of hydrogen-bond acceptors (Lipinski definition) is 2. The quantitative estimate of drug-likeness (QED) is 0.706. The lowest BCUT2D eigenvalue weighted by Gasteiger charge is -2.16. The SMILES string of the molecule is CCCC(=O)C(Cc1cc(Cl)cc(Cl)c1)C(=O)C(F)(F)F. The van der Waals surface area contributed by atoms with Crippen LogP contribution in [0.25, 0.3) is 0 Å². The van der Waals surface area contributed by atoms with Crippen molar-refractivity contribution < 1.29 is 22.8 Å². The van der Waals surface area contributed by atoms with Crippen molar-refractivity contribution in [2.24, 2.45) is 5.92 Å². The van der Waals surface area contributed by atoms with E-state index in [0.29, 0.717) is 12.0 Å². The Hall–Kier alpha value is -1.07. The fourth-order valence-electron chi connectivity index (χ4n) is 1.94. The molecule has 1 atom stereocenters. The number of rotatable bonds is 6. The summed E-state index contributed by atoms with van der Waals surface area (Å²) >= 11 is 11.5. The molecule has 1 rings (SSSR count). The Morgan fingerprint density at radius 3 is 2.10 bits per heavy atom. The highest BCUT2D eigenvalue weighted by molar-refractivity contribution is 6.34. The molecule has 0 N–H and O–H groups in total. The van der Waals surface area contributed by atoms with E-state index in [0.717, 1.165) is 0 Å². The zero-order chi connectivity index (χ0) is 16.2. The van der Waals surface area contributed by atoms with Gasteiger partial charge in [-0.2, -0.15) is 13.2 Å². The van der Waals surface area contributed by atoms with Crippen LogP contribution in [-0.4, -0.2) is 17.7 Å². The molecule has 0 aliphatic carbocycles. The number of ketones is 2. The van der Waals surface area contributed by atoms with Gasteiger partial charge in [-0.05, 0) is 36.6 Å². The van der Waals surface area contributed by atoms with Crippen molar-refractivity contribution in [3.8, 4) is 0 Å². The maximum Gasteiger partial charge on any atom is 0.450 e. The molecule has 0 aliphatic rings. The summed E-state index contributed by atoms with van der Waals surface area (Å²) < 4.78 is 37.8. The van der Waals surface area contributed by atoms with Gasteiger partial charge >= 0.3 is 6.18 Å². The van der Waals surface area contributed by atoms with Gasteiger partial charge < -0.3 is 0 Å². The minimum Gasteiger partial charge on any atom is -0.299 e. The number of halogens is 5. The van der Waals surface area contributed by atoms with Crippen LogP contribution in [0.1, 0.15) is 25.3 Å². The summed E-state index contributed by atoms with van der Waals surface area (Å²) in [6.45, 7) is 1.66. The van der Waals surface area contributed by atoms with Gasteiger partial charge in [0.25, 0.3) is 0 Å². The highest BCUT2D eigenvalue weighted by Gasteiger charge is 2.45. The van der Waals surface area contributed by atoms with Gasteiger partial charge in [-0.25, -0.2) is 0 Å². The molecular weight excluding hydrogens is 328 g/mol. The van der Waals surface area contributed by atoms with Crippen LogP contribution >= 0.6 is 23.2 Å². The monoisotopic (exact) mass is 340 g/mol. The summed E-state index contributed by atoms with van der Waals surface area (Å²) in [5.41, 5.74) is 0.319. The van der Waals surface area contributed by atoms with Gasteiger partial charge in [0.2, 0.25) is 5.78 Å². The summed E-state index contributed by atoms with van der Waals surface area (Å²) in [4.78, 5) is 23.3. The number of carbonyl (C=O) groups is 2.